The van der Waals surface area contributed by atoms with Crippen molar-refractivity contribution in [2.24, 2.45) is 5.92 Å². The van der Waals surface area contributed by atoms with E-state index in [0.29, 0.717) is 19.0 Å². The zero-order chi connectivity index (χ0) is 12.2. The van der Waals surface area contributed by atoms with Crippen molar-refractivity contribution in [3.05, 3.63) is 0 Å². The van der Waals surface area contributed by atoms with E-state index in [0.717, 1.165) is 12.8 Å². The minimum absolute atomic E-state index is 0.556. The van der Waals surface area contributed by atoms with E-state index in [4.69, 9.17) is 0 Å². The zero-order valence-corrected chi connectivity index (χ0v) is 9.01. The maximum atomic E-state index is 11.7. The summed E-state index contributed by atoms with van der Waals surface area (Å²) in [6.45, 7) is 1.73. The van der Waals surface area contributed by atoms with E-state index >= 15 is 0 Å². The van der Waals surface area contributed by atoms with Gasteiger partial charge in [-0.2, -0.15) is 13.2 Å². The molecule has 0 saturated carbocycles. The Kier molecular flexibility index (Phi) is 4.40. The third-order valence-corrected chi connectivity index (χ3v) is 2.47. The molecule has 0 spiro atoms. The molecular weight excluding hydrogens is 225 g/mol. The minimum atomic E-state index is -4.43. The molecule has 1 rings (SSSR count). The Balaban J connectivity index is 2.20. The lowest BCUT2D eigenvalue weighted by molar-refractivity contribution is -0.184. The minimum Gasteiger partial charge on any atom is -0.323 e. The number of halogens is 3. The van der Waals surface area contributed by atoms with Gasteiger partial charge < -0.3 is 4.90 Å². The molecule has 0 atom stereocenters. The Bertz CT molecular complexity index is 237. The van der Waals surface area contributed by atoms with E-state index in [1.165, 1.54) is 4.90 Å². The van der Waals surface area contributed by atoms with Crippen LogP contribution in [0.1, 0.15) is 19.8 Å². The number of nitrogens with one attached hydrogen (secondary N) is 1. The molecular formula is C9H15F3N2O2. The van der Waals surface area contributed by atoms with Gasteiger partial charge in [-0.3, -0.25) is 4.84 Å². The summed E-state index contributed by atoms with van der Waals surface area (Å²) in [7, 11) is 0. The molecule has 94 valence electrons. The van der Waals surface area contributed by atoms with E-state index in [1.807, 2.05) is 0 Å². The first kappa shape index (κ1) is 13.1. The van der Waals surface area contributed by atoms with Crippen LogP contribution in [0.5, 0.6) is 0 Å². The van der Waals surface area contributed by atoms with Gasteiger partial charge in [0.1, 0.15) is 0 Å². The van der Waals surface area contributed by atoms with Gasteiger partial charge in [0.15, 0.2) is 6.61 Å². The second-order valence-electron chi connectivity index (χ2n) is 3.98. The number of alkyl halides is 3. The van der Waals surface area contributed by atoms with E-state index < -0.39 is 18.8 Å². The van der Waals surface area contributed by atoms with Crippen molar-refractivity contribution >= 4 is 6.03 Å². The summed E-state index contributed by atoms with van der Waals surface area (Å²) in [6, 6.07) is -0.601. The summed E-state index contributed by atoms with van der Waals surface area (Å²) in [5, 5.41) is 0. The fraction of sp³-hybridized carbons (Fsp3) is 0.889. The van der Waals surface area contributed by atoms with Crippen LogP contribution in [-0.2, 0) is 4.84 Å². The summed E-state index contributed by atoms with van der Waals surface area (Å²) >= 11 is 0. The molecule has 1 aliphatic heterocycles. The number of hydrogen-bond donors (Lipinski definition) is 1. The molecule has 16 heavy (non-hydrogen) atoms. The van der Waals surface area contributed by atoms with Crippen LogP contribution in [0.25, 0.3) is 0 Å². The number of amides is 2. The van der Waals surface area contributed by atoms with Crippen molar-refractivity contribution in [1.82, 2.24) is 10.4 Å². The summed E-state index contributed by atoms with van der Waals surface area (Å²) < 4.78 is 35.1. The number of rotatable bonds is 2. The zero-order valence-electron chi connectivity index (χ0n) is 9.01. The van der Waals surface area contributed by atoms with E-state index in [9.17, 15) is 18.0 Å². The van der Waals surface area contributed by atoms with Crippen molar-refractivity contribution in [2.45, 2.75) is 25.9 Å². The molecule has 0 aromatic carbocycles. The third kappa shape index (κ3) is 4.69. The van der Waals surface area contributed by atoms with Gasteiger partial charge in [-0.1, -0.05) is 6.92 Å². The number of nitrogens with zero attached hydrogens (tertiary/aromatic N) is 1. The average molecular weight is 240 g/mol. The van der Waals surface area contributed by atoms with Crippen LogP contribution in [0, 0.1) is 5.92 Å². The molecule has 0 aromatic heterocycles. The maximum absolute atomic E-state index is 11.7. The number of hydroxylamine groups is 1. The summed E-state index contributed by atoms with van der Waals surface area (Å²) in [6.07, 6.45) is -2.69. The van der Waals surface area contributed by atoms with Crippen molar-refractivity contribution in [2.75, 3.05) is 19.7 Å². The normalized spacial score (nSPS) is 18.6. The van der Waals surface area contributed by atoms with Crippen LogP contribution in [0.4, 0.5) is 18.0 Å². The molecule has 0 unspecified atom stereocenters. The first-order valence-corrected chi connectivity index (χ1v) is 5.12. The Morgan fingerprint density at radius 2 is 2.00 bits per heavy atom. The van der Waals surface area contributed by atoms with Gasteiger partial charge in [0.25, 0.3) is 0 Å². The first-order valence-electron chi connectivity index (χ1n) is 5.12. The molecule has 4 nitrogen and oxygen atoms in total. The van der Waals surface area contributed by atoms with Crippen LogP contribution < -0.4 is 5.48 Å². The van der Waals surface area contributed by atoms with Crippen LogP contribution in [0.3, 0.4) is 0 Å². The lowest BCUT2D eigenvalue weighted by Crippen LogP contribution is -2.44. The van der Waals surface area contributed by atoms with Crippen molar-refractivity contribution in [3.63, 3.8) is 0 Å². The number of carbonyl (C=O) groups is 1. The lowest BCUT2D eigenvalue weighted by atomic mass is 10.00. The molecule has 1 heterocycles. The standard InChI is InChI=1S/C9H15F3N2O2/c1-7-2-4-14(5-3-7)8(15)13-16-6-9(10,11)12/h7H,2-6H2,1H3,(H,13,15). The maximum Gasteiger partial charge on any atom is 0.414 e. The van der Waals surface area contributed by atoms with Gasteiger partial charge in [0, 0.05) is 13.1 Å². The molecule has 1 aliphatic rings. The Labute approximate surface area is 91.7 Å². The highest BCUT2D eigenvalue weighted by Crippen LogP contribution is 2.16. The Hall–Kier alpha value is -0.980. The fourth-order valence-corrected chi connectivity index (χ4v) is 1.46. The Morgan fingerprint density at radius 3 is 2.50 bits per heavy atom. The van der Waals surface area contributed by atoms with Crippen molar-refractivity contribution in [3.8, 4) is 0 Å². The van der Waals surface area contributed by atoms with Crippen LogP contribution >= 0.6 is 0 Å². The second-order valence-corrected chi connectivity index (χ2v) is 3.98. The molecule has 0 radical (unpaired) electrons. The SMILES string of the molecule is CC1CCN(C(=O)NOCC(F)(F)F)CC1. The molecule has 0 bridgehead atoms. The number of hydrogen-bond acceptors (Lipinski definition) is 2. The largest absolute Gasteiger partial charge is 0.414 e. The summed E-state index contributed by atoms with van der Waals surface area (Å²) in [5.41, 5.74) is 1.79. The summed E-state index contributed by atoms with van der Waals surface area (Å²) in [4.78, 5) is 16.8. The number of urea groups is 1. The van der Waals surface area contributed by atoms with Gasteiger partial charge in [-0.15, -0.1) is 0 Å². The first-order chi connectivity index (χ1) is 7.38. The molecule has 1 N–H and O–H groups in total. The van der Waals surface area contributed by atoms with Gasteiger partial charge in [-0.05, 0) is 18.8 Å². The molecule has 1 saturated heterocycles. The van der Waals surface area contributed by atoms with Gasteiger partial charge in [-0.25, -0.2) is 10.3 Å². The summed E-state index contributed by atoms with van der Waals surface area (Å²) in [5.74, 6) is 0.556. The number of piperidine rings is 1. The fourth-order valence-electron chi connectivity index (χ4n) is 1.46. The number of carbonyl (C=O) groups excluding carboxylic acids is 1. The quantitative estimate of drug-likeness (QED) is 0.749. The third-order valence-electron chi connectivity index (χ3n) is 2.47. The topological polar surface area (TPSA) is 41.6 Å². The molecule has 7 heteroatoms. The molecule has 0 aromatic rings. The highest BCUT2D eigenvalue weighted by Gasteiger charge is 2.29. The average Bonchev–Trinajstić information content (AvgIpc) is 2.16. The van der Waals surface area contributed by atoms with E-state index in [-0.39, 0.29) is 0 Å². The monoisotopic (exact) mass is 240 g/mol. The van der Waals surface area contributed by atoms with Crippen molar-refractivity contribution in [1.29, 1.82) is 0 Å². The molecule has 1 fully saturated rings. The lowest BCUT2D eigenvalue weighted by Gasteiger charge is -2.29. The van der Waals surface area contributed by atoms with Gasteiger partial charge in [0.05, 0.1) is 0 Å². The van der Waals surface area contributed by atoms with Crippen LogP contribution in [0.15, 0.2) is 0 Å². The van der Waals surface area contributed by atoms with Crippen LogP contribution in [0.2, 0.25) is 0 Å². The van der Waals surface area contributed by atoms with E-state index in [2.05, 4.69) is 11.8 Å². The van der Waals surface area contributed by atoms with Crippen molar-refractivity contribution < 1.29 is 22.8 Å². The van der Waals surface area contributed by atoms with Gasteiger partial charge >= 0.3 is 12.2 Å². The second kappa shape index (κ2) is 5.38. The van der Waals surface area contributed by atoms with Crippen LogP contribution in [-0.4, -0.2) is 36.8 Å². The van der Waals surface area contributed by atoms with Gasteiger partial charge in [0.2, 0.25) is 0 Å². The highest BCUT2D eigenvalue weighted by molar-refractivity contribution is 5.73. The predicted molar refractivity (Wildman–Crippen MR) is 50.5 cm³/mol. The predicted octanol–water partition coefficient (Wildman–Crippen LogP) is 1.92. The smallest absolute Gasteiger partial charge is 0.323 e. The number of likely N-dealkylation sites (tertiary alicyclic amines) is 1. The highest BCUT2D eigenvalue weighted by atomic mass is 19.4. The van der Waals surface area contributed by atoms with E-state index in [1.54, 1.807) is 5.48 Å². The Morgan fingerprint density at radius 1 is 1.44 bits per heavy atom. The molecule has 0 aliphatic carbocycles. The molecule has 2 amide bonds.